The summed E-state index contributed by atoms with van der Waals surface area (Å²) >= 11 is 0. The third-order valence-corrected chi connectivity index (χ3v) is 0.553. The Bertz CT molecular complexity index is 38.3. The Morgan fingerprint density at radius 1 is 0.545 bits per heavy atom. The second-order valence-electron chi connectivity index (χ2n) is 1.34. The van der Waals surface area contributed by atoms with Gasteiger partial charge in [-0.05, 0) is 0 Å². The Labute approximate surface area is 180 Å². The zero-order valence-electron chi connectivity index (χ0n) is 7.17. The van der Waals surface area contributed by atoms with Crippen LogP contribution in [0.25, 0.3) is 0 Å². The van der Waals surface area contributed by atoms with Crippen LogP contribution in [0.2, 0.25) is 0 Å². The molecule has 0 saturated heterocycles. The number of hydrogen-bond acceptors (Lipinski definition) is 2. The van der Waals surface area contributed by atoms with Crippen LogP contribution in [0, 0.1) is 13.8 Å². The van der Waals surface area contributed by atoms with E-state index in [0.717, 1.165) is 13.0 Å². The molecule has 0 bridgehead atoms. The molecular formula is C18H60O2W2-2. The van der Waals surface area contributed by atoms with Gasteiger partial charge in [-0.15, -0.1) is 0 Å². The van der Waals surface area contributed by atoms with Gasteiger partial charge in [0.25, 0.3) is 0 Å². The first-order chi connectivity index (χ1) is 4.33. The molecule has 0 fully saturated rings. The van der Waals surface area contributed by atoms with Crippen molar-refractivity contribution in [3.05, 3.63) is 13.8 Å². The summed E-state index contributed by atoms with van der Waals surface area (Å²) in [7, 11) is 3.29. The predicted molar refractivity (Wildman–Crippen MR) is 113 cm³/mol. The molecule has 0 atom stereocenters. The molecule has 0 saturated carbocycles. The molecule has 158 valence electrons. The van der Waals surface area contributed by atoms with E-state index in [-0.39, 0.29) is 124 Å². The second kappa shape index (κ2) is 255. The Hall–Kier alpha value is 1.30. The van der Waals surface area contributed by atoms with Gasteiger partial charge >= 0.3 is 0 Å². The summed E-state index contributed by atoms with van der Waals surface area (Å²) in [6, 6.07) is 0. The first-order valence-corrected chi connectivity index (χ1v) is 2.89. The van der Waals surface area contributed by atoms with Gasteiger partial charge in [-0.3, -0.25) is 0 Å². The van der Waals surface area contributed by atoms with Crippen LogP contribution in [-0.2, 0) is 51.6 Å². The summed E-state index contributed by atoms with van der Waals surface area (Å²) < 4.78 is 9.06. The molecule has 0 radical (unpaired) electrons. The molecule has 0 aliphatic rings. The van der Waals surface area contributed by atoms with Gasteiger partial charge < -0.3 is 23.3 Å². The second-order valence-corrected chi connectivity index (χ2v) is 1.34. The van der Waals surface area contributed by atoms with Crippen molar-refractivity contribution < 1.29 is 51.6 Å². The van der Waals surface area contributed by atoms with Crippen molar-refractivity contribution in [2.45, 2.75) is 88.1 Å². The summed E-state index contributed by atoms with van der Waals surface area (Å²) in [6.45, 7) is 8.28. The molecule has 0 aliphatic carbocycles. The third-order valence-electron chi connectivity index (χ3n) is 0.553. The molecule has 2 nitrogen and oxygen atoms in total. The third kappa shape index (κ3) is 475. The van der Waals surface area contributed by atoms with Crippen LogP contribution in [0.1, 0.15) is 88.1 Å². The summed E-state index contributed by atoms with van der Waals surface area (Å²) in [5.41, 5.74) is 0. The number of rotatable bonds is 3. The standard InChI is InChI=1S/C4H9O.C3H7O.11CH4.2W/c1-3-4-5-2;1-3-4-2;;;;;;;;;;;;;/h1,3-4H2,2H3;1,3H2,2H3;11*1H4;;/q2*-1;;;;;;;;;;;;;. The van der Waals surface area contributed by atoms with E-state index >= 15 is 0 Å². The van der Waals surface area contributed by atoms with E-state index in [1.165, 1.54) is 0 Å². The van der Waals surface area contributed by atoms with E-state index in [4.69, 9.17) is 0 Å². The van der Waals surface area contributed by atoms with Gasteiger partial charge in [0, 0.05) is 63.0 Å². The Kier molecular flexibility index (Phi) is 1950. The van der Waals surface area contributed by atoms with Crippen molar-refractivity contribution in [2.24, 2.45) is 0 Å². The van der Waals surface area contributed by atoms with Gasteiger partial charge in [0.2, 0.25) is 0 Å². The van der Waals surface area contributed by atoms with Gasteiger partial charge in [-0.25, -0.2) is 0 Å². The Morgan fingerprint density at radius 2 is 0.727 bits per heavy atom. The van der Waals surface area contributed by atoms with Crippen molar-refractivity contribution >= 4 is 0 Å². The maximum atomic E-state index is 4.63. The molecule has 22 heavy (non-hydrogen) atoms. The van der Waals surface area contributed by atoms with Crippen molar-refractivity contribution in [3.63, 3.8) is 0 Å². The van der Waals surface area contributed by atoms with E-state index < -0.39 is 0 Å². The minimum absolute atomic E-state index is 0. The van der Waals surface area contributed by atoms with Crippen LogP contribution in [0.3, 0.4) is 0 Å². The van der Waals surface area contributed by atoms with Crippen molar-refractivity contribution in [1.29, 1.82) is 0 Å². The number of ether oxygens (including phenoxy) is 2. The topological polar surface area (TPSA) is 18.5 Å². The zero-order chi connectivity index (χ0) is 7.54. The molecule has 0 unspecified atom stereocenters. The molecule has 0 aliphatic heterocycles. The van der Waals surface area contributed by atoms with Crippen LogP contribution in [-0.4, -0.2) is 27.4 Å². The Balaban J connectivity index is -0.00000000216. The largest absolute Gasteiger partial charge is 0.417 e. The zero-order valence-corrected chi connectivity index (χ0v) is 13.0. The van der Waals surface area contributed by atoms with E-state index in [1.54, 1.807) is 14.2 Å². The molecule has 0 N–H and O–H groups in total. The Morgan fingerprint density at radius 3 is 0.727 bits per heavy atom. The van der Waals surface area contributed by atoms with Gasteiger partial charge in [0.15, 0.2) is 0 Å². The van der Waals surface area contributed by atoms with Crippen LogP contribution in [0.15, 0.2) is 0 Å². The van der Waals surface area contributed by atoms with E-state index in [2.05, 4.69) is 23.3 Å². The van der Waals surface area contributed by atoms with E-state index in [0.29, 0.717) is 6.61 Å². The average Bonchev–Trinajstić information content (AvgIpc) is 1.91. The molecular weight excluding hydrogens is 616 g/mol. The first-order valence-electron chi connectivity index (χ1n) is 2.89. The van der Waals surface area contributed by atoms with Gasteiger partial charge in [0.1, 0.15) is 0 Å². The molecule has 0 amide bonds. The van der Waals surface area contributed by atoms with Crippen molar-refractivity contribution in [1.82, 2.24) is 0 Å². The van der Waals surface area contributed by atoms with E-state index in [9.17, 15) is 0 Å². The molecule has 0 spiro atoms. The van der Waals surface area contributed by atoms with Crippen LogP contribution in [0.5, 0.6) is 0 Å². The first kappa shape index (κ1) is 168. The fourth-order valence-electron chi connectivity index (χ4n) is 0.144. The predicted octanol–water partition coefficient (Wildman–Crippen LogP) is 8.32. The maximum Gasteiger partial charge on any atom is 0.0353 e. The van der Waals surface area contributed by atoms with Crippen molar-refractivity contribution in [3.8, 4) is 0 Å². The number of hydrogen-bond donors (Lipinski definition) is 0. The van der Waals surface area contributed by atoms with Gasteiger partial charge in [-0.2, -0.15) is 6.42 Å². The van der Waals surface area contributed by atoms with Gasteiger partial charge in [0.05, 0.1) is 0 Å². The maximum absolute atomic E-state index is 4.63. The van der Waals surface area contributed by atoms with Crippen LogP contribution < -0.4 is 0 Å². The monoisotopic (exact) mass is 676 g/mol. The summed E-state index contributed by atoms with van der Waals surface area (Å²) in [5, 5.41) is 0. The molecule has 0 heterocycles. The molecule has 0 aromatic carbocycles. The minimum Gasteiger partial charge on any atom is -0.417 e. The smallest absolute Gasteiger partial charge is 0.0353 e. The van der Waals surface area contributed by atoms with Gasteiger partial charge in [-0.1, -0.05) is 88.3 Å². The molecule has 4 heteroatoms. The molecule has 0 rings (SSSR count). The quantitative estimate of drug-likeness (QED) is 0.280. The summed E-state index contributed by atoms with van der Waals surface area (Å²) in [5.74, 6) is 0. The average molecular weight is 676 g/mol. The fourth-order valence-corrected chi connectivity index (χ4v) is 0.144. The van der Waals surface area contributed by atoms with E-state index in [1.807, 2.05) is 0 Å². The van der Waals surface area contributed by atoms with Crippen molar-refractivity contribution in [2.75, 3.05) is 27.4 Å². The number of methoxy groups -OCH3 is 2. The van der Waals surface area contributed by atoms with Crippen LogP contribution >= 0.6 is 0 Å². The molecule has 0 aromatic rings. The SMILES string of the molecule is C.C.C.C.C.C.C.C.C.C.C.[CH2-]CCOC.[CH2-]COC.[W].[W]. The summed E-state index contributed by atoms with van der Waals surface area (Å²) in [6.07, 6.45) is 0.872. The molecule has 0 aromatic heterocycles. The minimum atomic E-state index is 0. The van der Waals surface area contributed by atoms with Crippen LogP contribution in [0.4, 0.5) is 0 Å². The normalized spacial score (nSPS) is 3.27. The fraction of sp³-hybridized carbons (Fsp3) is 0.889. The summed E-state index contributed by atoms with van der Waals surface area (Å²) in [4.78, 5) is 0.